The van der Waals surface area contributed by atoms with Crippen LogP contribution in [0, 0.1) is 0 Å². The molecule has 0 aliphatic heterocycles. The summed E-state index contributed by atoms with van der Waals surface area (Å²) in [7, 11) is 0. The van der Waals surface area contributed by atoms with Crippen molar-refractivity contribution in [3.05, 3.63) is 0 Å². The van der Waals surface area contributed by atoms with Crippen molar-refractivity contribution in [2.45, 2.75) is 63.8 Å². The van der Waals surface area contributed by atoms with Crippen LogP contribution >= 0.6 is 0 Å². The van der Waals surface area contributed by atoms with E-state index in [-0.39, 0.29) is 0 Å². The molecular weight excluding hydrogens is 216 g/mol. The molecule has 0 rings (SSSR count). The Morgan fingerprint density at radius 1 is 0.706 bits per heavy atom. The molecule has 0 saturated carbocycles. The molecule has 0 radical (unpaired) electrons. The zero-order valence-corrected chi connectivity index (χ0v) is 12.1. The predicted molar refractivity (Wildman–Crippen MR) is 72.5 cm³/mol. The highest BCUT2D eigenvalue weighted by atomic mass is 16.5. The van der Waals surface area contributed by atoms with Crippen molar-refractivity contribution in [1.82, 2.24) is 0 Å². The Balaban J connectivity index is 5.27. The largest absolute Gasteiger partial charge is 0.363 e. The third kappa shape index (κ3) is 3.39. The van der Waals surface area contributed by atoms with Gasteiger partial charge in [-0.1, -0.05) is 0 Å². The molecule has 0 spiro atoms. The van der Waals surface area contributed by atoms with E-state index < -0.39 is 22.3 Å². The summed E-state index contributed by atoms with van der Waals surface area (Å²) < 4.78 is 6.15. The Labute approximate surface area is 105 Å². The molecule has 104 valence electrons. The van der Waals surface area contributed by atoms with Gasteiger partial charge in [-0.3, -0.25) is 0 Å². The van der Waals surface area contributed by atoms with Crippen LogP contribution in [0.1, 0.15) is 41.5 Å². The van der Waals surface area contributed by atoms with Crippen LogP contribution in [0.5, 0.6) is 0 Å². The molecule has 2 atom stereocenters. The maximum atomic E-state index is 6.15. The Bertz CT molecular complexity index is 230. The maximum absolute atomic E-state index is 6.15. The molecule has 0 aromatic rings. The van der Waals surface area contributed by atoms with Crippen molar-refractivity contribution in [1.29, 1.82) is 0 Å². The van der Waals surface area contributed by atoms with Crippen molar-refractivity contribution in [2.24, 2.45) is 22.9 Å². The molecule has 0 aliphatic rings. The van der Waals surface area contributed by atoms with Gasteiger partial charge in [-0.25, -0.2) is 0 Å². The minimum absolute atomic E-state index is 0.308. The fourth-order valence-corrected chi connectivity index (χ4v) is 1.37. The zero-order valence-electron chi connectivity index (χ0n) is 12.1. The molecule has 5 heteroatoms. The molecule has 0 aromatic carbocycles. The summed E-state index contributed by atoms with van der Waals surface area (Å²) in [5.41, 5.74) is 21.4. The van der Waals surface area contributed by atoms with Gasteiger partial charge in [-0.15, -0.1) is 0 Å². The number of hydrogen-bond donors (Lipinski definition) is 4. The first-order chi connectivity index (χ1) is 7.33. The third-order valence-electron chi connectivity index (χ3n) is 3.96. The van der Waals surface area contributed by atoms with E-state index in [1.54, 1.807) is 0 Å². The van der Waals surface area contributed by atoms with Crippen molar-refractivity contribution >= 4 is 0 Å². The van der Waals surface area contributed by atoms with Crippen LogP contribution < -0.4 is 22.9 Å². The van der Waals surface area contributed by atoms with Gasteiger partial charge < -0.3 is 27.7 Å². The summed E-state index contributed by atoms with van der Waals surface area (Å²) in [5.74, 6) is 0. The van der Waals surface area contributed by atoms with Crippen LogP contribution in [0.3, 0.4) is 0 Å². The quantitative estimate of drug-likeness (QED) is 0.523. The first-order valence-corrected chi connectivity index (χ1v) is 6.01. The average Bonchev–Trinajstić information content (AvgIpc) is 2.13. The fourth-order valence-electron chi connectivity index (χ4n) is 1.37. The van der Waals surface area contributed by atoms with Gasteiger partial charge in [0.15, 0.2) is 0 Å². The van der Waals surface area contributed by atoms with E-state index >= 15 is 0 Å². The first kappa shape index (κ1) is 16.8. The van der Waals surface area contributed by atoms with E-state index in [1.165, 1.54) is 0 Å². The van der Waals surface area contributed by atoms with Crippen LogP contribution in [0.25, 0.3) is 0 Å². The Morgan fingerprint density at radius 2 is 0.941 bits per heavy atom. The second kappa shape index (κ2) is 4.82. The second-order valence-electron chi connectivity index (χ2n) is 6.42. The summed E-state index contributed by atoms with van der Waals surface area (Å²) in [4.78, 5) is 0. The molecule has 2 unspecified atom stereocenters. The third-order valence-corrected chi connectivity index (χ3v) is 3.96. The smallest absolute Gasteiger partial charge is 0.0957 e. The van der Waals surface area contributed by atoms with Crippen LogP contribution in [0.15, 0.2) is 0 Å². The summed E-state index contributed by atoms with van der Waals surface area (Å²) in [5, 5.41) is 0. The topological polar surface area (TPSA) is 113 Å². The van der Waals surface area contributed by atoms with Crippen LogP contribution in [-0.4, -0.2) is 35.4 Å². The molecule has 0 aliphatic carbocycles. The highest BCUT2D eigenvalue weighted by Crippen LogP contribution is 2.32. The molecule has 0 bridgehead atoms. The highest BCUT2D eigenvalue weighted by molar-refractivity contribution is 5.04. The number of nitrogens with two attached hydrogens (primary N) is 4. The Hall–Kier alpha value is -0.200. The number of hydrogen-bond acceptors (Lipinski definition) is 5. The van der Waals surface area contributed by atoms with Crippen LogP contribution in [0.2, 0.25) is 0 Å². The SMILES string of the molecule is CC(C)(N)C(C)(CN)OC(C)(CN)C(C)(C)N. The van der Waals surface area contributed by atoms with E-state index in [4.69, 9.17) is 27.7 Å². The van der Waals surface area contributed by atoms with Crippen molar-refractivity contribution in [3.63, 3.8) is 0 Å². The van der Waals surface area contributed by atoms with Crippen molar-refractivity contribution < 1.29 is 4.74 Å². The van der Waals surface area contributed by atoms with Crippen molar-refractivity contribution in [3.8, 4) is 0 Å². The van der Waals surface area contributed by atoms with Gasteiger partial charge in [0.2, 0.25) is 0 Å². The molecule has 0 heterocycles. The molecular formula is C12H30N4O. The fraction of sp³-hybridized carbons (Fsp3) is 1.00. The number of rotatable bonds is 6. The van der Waals surface area contributed by atoms with Gasteiger partial charge in [0.1, 0.15) is 0 Å². The molecule has 0 amide bonds. The highest BCUT2D eigenvalue weighted by Gasteiger charge is 2.48. The predicted octanol–water partition coefficient (Wildman–Crippen LogP) is -0.0876. The van der Waals surface area contributed by atoms with E-state index in [0.717, 1.165) is 0 Å². The summed E-state index contributed by atoms with van der Waals surface area (Å²) in [6, 6.07) is 0. The minimum atomic E-state index is -0.683. The molecule has 0 saturated heterocycles. The molecule has 0 fully saturated rings. The van der Waals surface area contributed by atoms with Crippen molar-refractivity contribution in [2.75, 3.05) is 13.1 Å². The maximum Gasteiger partial charge on any atom is 0.0957 e. The van der Waals surface area contributed by atoms with E-state index in [0.29, 0.717) is 13.1 Å². The lowest BCUT2D eigenvalue weighted by Crippen LogP contribution is -2.69. The molecule has 17 heavy (non-hydrogen) atoms. The van der Waals surface area contributed by atoms with Gasteiger partial charge in [0, 0.05) is 24.2 Å². The Kier molecular flexibility index (Phi) is 4.76. The first-order valence-electron chi connectivity index (χ1n) is 6.01. The lowest BCUT2D eigenvalue weighted by Gasteiger charge is -2.51. The van der Waals surface area contributed by atoms with Gasteiger partial charge in [-0.05, 0) is 41.5 Å². The monoisotopic (exact) mass is 246 g/mol. The summed E-state index contributed by atoms with van der Waals surface area (Å²) in [6.07, 6.45) is 0. The summed E-state index contributed by atoms with van der Waals surface area (Å²) >= 11 is 0. The number of ether oxygens (including phenoxy) is 1. The molecule has 5 nitrogen and oxygen atoms in total. The second-order valence-corrected chi connectivity index (χ2v) is 6.42. The average molecular weight is 246 g/mol. The van der Waals surface area contributed by atoms with Gasteiger partial charge in [0.05, 0.1) is 11.2 Å². The van der Waals surface area contributed by atoms with E-state index in [2.05, 4.69) is 0 Å². The molecule has 8 N–H and O–H groups in total. The van der Waals surface area contributed by atoms with Gasteiger partial charge >= 0.3 is 0 Å². The standard InChI is InChI=1S/C12H30N4O/c1-9(2,15)11(5,7-13)17-12(6,8-14)10(3,4)16/h7-8,13-16H2,1-6H3. The lowest BCUT2D eigenvalue weighted by atomic mass is 9.80. The molecule has 0 aromatic heterocycles. The van der Waals surface area contributed by atoms with Crippen LogP contribution in [-0.2, 0) is 4.74 Å². The van der Waals surface area contributed by atoms with Gasteiger partial charge in [-0.2, -0.15) is 0 Å². The van der Waals surface area contributed by atoms with E-state index in [9.17, 15) is 0 Å². The normalized spacial score (nSPS) is 20.8. The Morgan fingerprint density at radius 3 is 1.06 bits per heavy atom. The minimum Gasteiger partial charge on any atom is -0.363 e. The zero-order chi connectivity index (χ0) is 14.1. The van der Waals surface area contributed by atoms with Gasteiger partial charge in [0.25, 0.3) is 0 Å². The lowest BCUT2D eigenvalue weighted by molar-refractivity contribution is -0.182. The van der Waals surface area contributed by atoms with Crippen LogP contribution in [0.4, 0.5) is 0 Å². The van der Waals surface area contributed by atoms with E-state index in [1.807, 2.05) is 41.5 Å². The summed E-state index contributed by atoms with van der Waals surface area (Å²) in [6.45, 7) is 12.0.